The summed E-state index contributed by atoms with van der Waals surface area (Å²) in [5, 5.41) is 3.15. The third kappa shape index (κ3) is 0.999. The van der Waals surface area contributed by atoms with E-state index in [0.29, 0.717) is 11.5 Å². The standard InChI is InChI=1S/C12H21NO/c1-5-9-12(4,11(3)6-7-11)8(2)10(14)13-9/h8-9H,5-7H2,1-4H3,(H,13,14). The normalized spacial score (nSPS) is 45.0. The van der Waals surface area contributed by atoms with Crippen molar-refractivity contribution >= 4 is 5.91 Å². The van der Waals surface area contributed by atoms with E-state index in [1.807, 2.05) is 0 Å². The van der Waals surface area contributed by atoms with Crippen molar-refractivity contribution in [3.63, 3.8) is 0 Å². The number of hydrogen-bond donors (Lipinski definition) is 1. The van der Waals surface area contributed by atoms with Crippen LogP contribution in [0.15, 0.2) is 0 Å². The van der Waals surface area contributed by atoms with Crippen LogP contribution in [-0.2, 0) is 4.79 Å². The average molecular weight is 195 g/mol. The highest BCUT2D eigenvalue weighted by Crippen LogP contribution is 2.64. The van der Waals surface area contributed by atoms with Crippen LogP contribution in [-0.4, -0.2) is 11.9 Å². The fraction of sp³-hybridized carbons (Fsp3) is 0.917. The highest BCUT2D eigenvalue weighted by atomic mass is 16.2. The first-order valence-corrected chi connectivity index (χ1v) is 5.76. The van der Waals surface area contributed by atoms with Gasteiger partial charge in [-0.15, -0.1) is 0 Å². The van der Waals surface area contributed by atoms with E-state index in [1.165, 1.54) is 12.8 Å². The molecule has 2 nitrogen and oxygen atoms in total. The van der Waals surface area contributed by atoms with Gasteiger partial charge in [-0.3, -0.25) is 4.79 Å². The molecule has 0 aromatic heterocycles. The molecule has 1 aliphatic carbocycles. The van der Waals surface area contributed by atoms with Crippen LogP contribution in [0.3, 0.4) is 0 Å². The molecule has 1 saturated heterocycles. The van der Waals surface area contributed by atoms with Crippen molar-refractivity contribution in [3.8, 4) is 0 Å². The molecule has 1 N–H and O–H groups in total. The zero-order valence-electron chi connectivity index (χ0n) is 9.68. The first-order chi connectivity index (χ1) is 6.45. The minimum absolute atomic E-state index is 0.179. The summed E-state index contributed by atoms with van der Waals surface area (Å²) in [5.41, 5.74) is 0.588. The maximum Gasteiger partial charge on any atom is 0.223 e. The topological polar surface area (TPSA) is 29.1 Å². The molecule has 2 aliphatic rings. The Morgan fingerprint density at radius 3 is 2.43 bits per heavy atom. The lowest BCUT2D eigenvalue weighted by atomic mass is 9.64. The Hall–Kier alpha value is -0.530. The van der Waals surface area contributed by atoms with Gasteiger partial charge in [-0.1, -0.05) is 27.7 Å². The van der Waals surface area contributed by atoms with Crippen molar-refractivity contribution in [2.24, 2.45) is 16.7 Å². The minimum atomic E-state index is 0.179. The van der Waals surface area contributed by atoms with Gasteiger partial charge in [0, 0.05) is 17.4 Å². The number of amides is 1. The monoisotopic (exact) mass is 195 g/mol. The van der Waals surface area contributed by atoms with Gasteiger partial charge in [-0.25, -0.2) is 0 Å². The van der Waals surface area contributed by atoms with E-state index in [9.17, 15) is 4.79 Å². The largest absolute Gasteiger partial charge is 0.353 e. The molecule has 1 aliphatic heterocycles. The summed E-state index contributed by atoms with van der Waals surface area (Å²) < 4.78 is 0. The molecule has 14 heavy (non-hydrogen) atoms. The molecule has 0 radical (unpaired) electrons. The molecule has 80 valence electrons. The molecule has 3 atom stereocenters. The lowest BCUT2D eigenvalue weighted by Crippen LogP contribution is -2.42. The van der Waals surface area contributed by atoms with Crippen molar-refractivity contribution in [3.05, 3.63) is 0 Å². The van der Waals surface area contributed by atoms with Gasteiger partial charge in [0.25, 0.3) is 0 Å². The fourth-order valence-corrected chi connectivity index (χ4v) is 3.22. The zero-order chi connectivity index (χ0) is 10.6. The highest BCUT2D eigenvalue weighted by molar-refractivity contribution is 5.82. The van der Waals surface area contributed by atoms with E-state index in [1.54, 1.807) is 0 Å². The first-order valence-electron chi connectivity index (χ1n) is 5.76. The number of hydrogen-bond acceptors (Lipinski definition) is 1. The second-order valence-electron chi connectivity index (χ2n) is 5.53. The molecule has 0 bridgehead atoms. The van der Waals surface area contributed by atoms with Crippen molar-refractivity contribution in [2.75, 3.05) is 0 Å². The quantitative estimate of drug-likeness (QED) is 0.720. The highest BCUT2D eigenvalue weighted by Gasteiger charge is 2.63. The molecule has 2 rings (SSSR count). The number of rotatable bonds is 2. The molecule has 1 saturated carbocycles. The van der Waals surface area contributed by atoms with Crippen LogP contribution in [0.1, 0.15) is 47.0 Å². The summed E-state index contributed by atoms with van der Waals surface area (Å²) in [6.45, 7) is 8.91. The predicted molar refractivity (Wildman–Crippen MR) is 56.8 cm³/mol. The summed E-state index contributed by atoms with van der Waals surface area (Å²) in [6.07, 6.45) is 3.64. The molecular formula is C12H21NO. The molecule has 0 spiro atoms. The van der Waals surface area contributed by atoms with E-state index < -0.39 is 0 Å². The maximum atomic E-state index is 11.7. The Labute approximate surface area is 86.5 Å². The second-order valence-corrected chi connectivity index (χ2v) is 5.53. The Morgan fingerprint density at radius 2 is 2.00 bits per heavy atom. The molecule has 3 unspecified atom stereocenters. The number of carbonyl (C=O) groups excluding carboxylic acids is 1. The lowest BCUT2D eigenvalue weighted by Gasteiger charge is -2.39. The van der Waals surface area contributed by atoms with Crippen LogP contribution in [0, 0.1) is 16.7 Å². The van der Waals surface area contributed by atoms with E-state index in [2.05, 4.69) is 33.0 Å². The van der Waals surface area contributed by atoms with Crippen LogP contribution in [0.2, 0.25) is 0 Å². The van der Waals surface area contributed by atoms with Crippen molar-refractivity contribution in [2.45, 2.75) is 53.0 Å². The van der Waals surface area contributed by atoms with Crippen LogP contribution in [0.4, 0.5) is 0 Å². The molecule has 0 aromatic rings. The number of carbonyl (C=O) groups is 1. The van der Waals surface area contributed by atoms with Crippen LogP contribution >= 0.6 is 0 Å². The summed E-state index contributed by atoms with van der Waals surface area (Å²) in [5.74, 6) is 0.437. The van der Waals surface area contributed by atoms with E-state index in [-0.39, 0.29) is 17.2 Å². The van der Waals surface area contributed by atoms with Gasteiger partial charge in [0.05, 0.1) is 0 Å². The van der Waals surface area contributed by atoms with Gasteiger partial charge in [-0.05, 0) is 24.7 Å². The molecule has 1 amide bonds. The third-order valence-corrected chi connectivity index (χ3v) is 5.04. The third-order valence-electron chi connectivity index (χ3n) is 5.04. The SMILES string of the molecule is CCC1NC(=O)C(C)C1(C)C1(C)CC1. The molecule has 0 aromatic carbocycles. The van der Waals surface area contributed by atoms with Gasteiger partial charge < -0.3 is 5.32 Å². The molecule has 2 heteroatoms. The van der Waals surface area contributed by atoms with Crippen LogP contribution in [0.5, 0.6) is 0 Å². The van der Waals surface area contributed by atoms with Gasteiger partial charge in [0.2, 0.25) is 5.91 Å². The average Bonchev–Trinajstić information content (AvgIpc) is 2.86. The van der Waals surface area contributed by atoms with Crippen LogP contribution < -0.4 is 5.32 Å². The first kappa shape index (κ1) is 10.0. The summed E-state index contributed by atoms with van der Waals surface area (Å²) in [6, 6.07) is 0.387. The molecule has 1 heterocycles. The number of nitrogens with one attached hydrogen (secondary N) is 1. The molecular weight excluding hydrogens is 174 g/mol. The van der Waals surface area contributed by atoms with Gasteiger partial charge >= 0.3 is 0 Å². The Morgan fingerprint density at radius 1 is 1.43 bits per heavy atom. The van der Waals surface area contributed by atoms with Crippen molar-refractivity contribution in [1.82, 2.24) is 5.32 Å². The van der Waals surface area contributed by atoms with Crippen LogP contribution in [0.25, 0.3) is 0 Å². The minimum Gasteiger partial charge on any atom is -0.353 e. The second kappa shape index (κ2) is 2.74. The Balaban J connectivity index is 2.34. The Kier molecular flexibility index (Phi) is 1.96. The predicted octanol–water partition coefficient (Wildman–Crippen LogP) is 2.34. The van der Waals surface area contributed by atoms with E-state index in [0.717, 1.165) is 6.42 Å². The molecule has 2 fully saturated rings. The zero-order valence-corrected chi connectivity index (χ0v) is 9.68. The summed E-state index contributed by atoms with van der Waals surface area (Å²) in [4.78, 5) is 11.7. The van der Waals surface area contributed by atoms with Crippen molar-refractivity contribution in [1.29, 1.82) is 0 Å². The van der Waals surface area contributed by atoms with Crippen molar-refractivity contribution < 1.29 is 4.79 Å². The fourth-order valence-electron chi connectivity index (χ4n) is 3.22. The summed E-state index contributed by atoms with van der Waals surface area (Å²) >= 11 is 0. The van der Waals surface area contributed by atoms with Gasteiger partial charge in [0.1, 0.15) is 0 Å². The van der Waals surface area contributed by atoms with E-state index >= 15 is 0 Å². The van der Waals surface area contributed by atoms with E-state index in [4.69, 9.17) is 0 Å². The smallest absolute Gasteiger partial charge is 0.223 e. The Bertz CT molecular complexity index is 269. The van der Waals surface area contributed by atoms with Gasteiger partial charge in [-0.2, -0.15) is 0 Å². The maximum absolute atomic E-state index is 11.7. The summed E-state index contributed by atoms with van der Waals surface area (Å²) in [7, 11) is 0. The van der Waals surface area contributed by atoms with Gasteiger partial charge in [0.15, 0.2) is 0 Å². The lowest BCUT2D eigenvalue weighted by molar-refractivity contribution is -0.123.